The molecule has 0 atom stereocenters. The Morgan fingerprint density at radius 2 is 2.00 bits per heavy atom. The molecule has 1 aromatic carbocycles. The van der Waals surface area contributed by atoms with Crippen LogP contribution in [-0.2, 0) is 0 Å². The minimum Gasteiger partial charge on any atom is -0.492 e. The van der Waals surface area contributed by atoms with Gasteiger partial charge in [-0.3, -0.25) is 0 Å². The molecule has 2 aliphatic rings. The molecule has 23 heavy (non-hydrogen) atoms. The van der Waals surface area contributed by atoms with Crippen LogP contribution in [0.25, 0.3) is 0 Å². The molecule has 1 fully saturated rings. The molecule has 1 heterocycles. The van der Waals surface area contributed by atoms with Gasteiger partial charge in [0, 0.05) is 12.1 Å². The highest BCUT2D eigenvalue weighted by molar-refractivity contribution is 5.74. The van der Waals surface area contributed by atoms with Crippen molar-refractivity contribution in [1.29, 1.82) is 0 Å². The van der Waals surface area contributed by atoms with E-state index in [2.05, 4.69) is 10.6 Å². The zero-order valence-corrected chi connectivity index (χ0v) is 12.9. The third kappa shape index (κ3) is 4.41. The van der Waals surface area contributed by atoms with E-state index in [1.54, 1.807) is 18.2 Å². The number of aliphatic hydroxyl groups excluding tert-OH is 1. The fourth-order valence-corrected chi connectivity index (χ4v) is 2.76. The van der Waals surface area contributed by atoms with E-state index in [1.165, 1.54) is 0 Å². The van der Waals surface area contributed by atoms with Gasteiger partial charge in [-0.2, -0.15) is 0 Å². The lowest BCUT2D eigenvalue weighted by Gasteiger charge is -2.26. The monoisotopic (exact) mass is 322 g/mol. The van der Waals surface area contributed by atoms with Crippen LogP contribution in [0, 0.1) is 0 Å². The highest BCUT2D eigenvalue weighted by Gasteiger charge is 2.20. The Morgan fingerprint density at radius 1 is 1.22 bits per heavy atom. The van der Waals surface area contributed by atoms with Crippen molar-refractivity contribution in [3.63, 3.8) is 0 Å². The molecule has 1 saturated carbocycles. The highest BCUT2D eigenvalue weighted by atomic mass is 16.7. The maximum Gasteiger partial charge on any atom is 0.315 e. The van der Waals surface area contributed by atoms with Gasteiger partial charge >= 0.3 is 6.03 Å². The van der Waals surface area contributed by atoms with Gasteiger partial charge in [0.25, 0.3) is 0 Å². The summed E-state index contributed by atoms with van der Waals surface area (Å²) in [4.78, 5) is 11.8. The fourth-order valence-electron chi connectivity index (χ4n) is 2.76. The van der Waals surface area contributed by atoms with Crippen LogP contribution in [0.1, 0.15) is 25.7 Å². The number of rotatable bonds is 5. The number of benzene rings is 1. The lowest BCUT2D eigenvalue weighted by atomic mass is 9.93. The zero-order valence-electron chi connectivity index (χ0n) is 12.9. The lowest BCUT2D eigenvalue weighted by Crippen LogP contribution is -2.45. The van der Waals surface area contributed by atoms with Crippen molar-refractivity contribution in [2.75, 3.05) is 19.9 Å². The zero-order chi connectivity index (χ0) is 16.1. The minimum absolute atomic E-state index is 0.146. The standard InChI is InChI=1S/C16H22N2O5/c19-12-3-1-11(2-4-12)18-16(20)17-7-8-21-13-5-6-14-15(9-13)23-10-22-14/h5-6,9,11-12,19H,1-4,7-8,10H2,(H2,17,18,20). The Labute approximate surface area is 134 Å². The number of fused-ring (bicyclic) bond motifs is 1. The van der Waals surface area contributed by atoms with Crippen LogP contribution in [0.15, 0.2) is 18.2 Å². The van der Waals surface area contributed by atoms with Gasteiger partial charge in [0.15, 0.2) is 11.5 Å². The summed E-state index contributed by atoms with van der Waals surface area (Å²) in [6.45, 7) is 1.02. The van der Waals surface area contributed by atoms with Crippen molar-refractivity contribution < 1.29 is 24.1 Å². The minimum atomic E-state index is -0.216. The van der Waals surface area contributed by atoms with Crippen LogP contribution in [0.4, 0.5) is 4.79 Å². The van der Waals surface area contributed by atoms with Crippen molar-refractivity contribution in [2.24, 2.45) is 0 Å². The first-order valence-corrected chi connectivity index (χ1v) is 7.95. The number of amides is 2. The van der Waals surface area contributed by atoms with E-state index in [0.29, 0.717) is 30.4 Å². The summed E-state index contributed by atoms with van der Waals surface area (Å²) in [6, 6.07) is 5.33. The van der Waals surface area contributed by atoms with Gasteiger partial charge in [-0.25, -0.2) is 4.79 Å². The van der Waals surface area contributed by atoms with Crippen LogP contribution in [0.2, 0.25) is 0 Å². The smallest absolute Gasteiger partial charge is 0.315 e. The fraction of sp³-hybridized carbons (Fsp3) is 0.562. The Balaban J connectivity index is 1.32. The Morgan fingerprint density at radius 3 is 2.83 bits per heavy atom. The van der Waals surface area contributed by atoms with E-state index in [0.717, 1.165) is 25.7 Å². The summed E-state index contributed by atoms with van der Waals surface area (Å²) in [7, 11) is 0. The Bertz CT molecular complexity index is 543. The van der Waals surface area contributed by atoms with Gasteiger partial charge in [-0.1, -0.05) is 0 Å². The van der Waals surface area contributed by atoms with Gasteiger partial charge in [0.2, 0.25) is 6.79 Å². The van der Waals surface area contributed by atoms with Gasteiger partial charge in [-0.05, 0) is 37.8 Å². The first-order chi connectivity index (χ1) is 11.2. The molecule has 1 aliphatic heterocycles. The molecule has 0 spiro atoms. The molecule has 0 saturated heterocycles. The third-order valence-electron chi connectivity index (χ3n) is 4.03. The largest absolute Gasteiger partial charge is 0.492 e. The molecule has 0 aromatic heterocycles. The number of ether oxygens (including phenoxy) is 3. The van der Waals surface area contributed by atoms with E-state index < -0.39 is 0 Å². The van der Waals surface area contributed by atoms with Gasteiger partial charge in [-0.15, -0.1) is 0 Å². The third-order valence-corrected chi connectivity index (χ3v) is 4.03. The normalized spacial score (nSPS) is 22.5. The van der Waals surface area contributed by atoms with Crippen LogP contribution in [0.3, 0.4) is 0 Å². The van der Waals surface area contributed by atoms with E-state index >= 15 is 0 Å². The second-order valence-electron chi connectivity index (χ2n) is 5.77. The summed E-state index contributed by atoms with van der Waals surface area (Å²) in [6.07, 6.45) is 2.92. The number of hydrogen-bond donors (Lipinski definition) is 3. The number of carbonyl (C=O) groups is 1. The Kier molecular flexibility index (Phi) is 5.07. The highest BCUT2D eigenvalue weighted by Crippen LogP contribution is 2.34. The quantitative estimate of drug-likeness (QED) is 0.713. The molecule has 2 amide bonds. The van der Waals surface area contributed by atoms with Crippen LogP contribution >= 0.6 is 0 Å². The number of aliphatic hydroxyl groups is 1. The summed E-state index contributed by atoms with van der Waals surface area (Å²) >= 11 is 0. The van der Waals surface area contributed by atoms with E-state index in [9.17, 15) is 9.90 Å². The lowest BCUT2D eigenvalue weighted by molar-refractivity contribution is 0.117. The first-order valence-electron chi connectivity index (χ1n) is 7.95. The van der Waals surface area contributed by atoms with Gasteiger partial charge in [0.05, 0.1) is 12.6 Å². The topological polar surface area (TPSA) is 89.1 Å². The molecule has 3 rings (SSSR count). The van der Waals surface area contributed by atoms with Crippen LogP contribution in [0.5, 0.6) is 17.2 Å². The molecule has 0 unspecified atom stereocenters. The molecular weight excluding hydrogens is 300 g/mol. The molecule has 0 radical (unpaired) electrons. The second-order valence-corrected chi connectivity index (χ2v) is 5.77. The van der Waals surface area contributed by atoms with Crippen molar-refractivity contribution >= 4 is 6.03 Å². The predicted molar refractivity (Wildman–Crippen MR) is 82.9 cm³/mol. The maximum absolute atomic E-state index is 11.8. The Hall–Kier alpha value is -2.15. The average molecular weight is 322 g/mol. The van der Waals surface area contributed by atoms with Gasteiger partial charge in [0.1, 0.15) is 12.4 Å². The van der Waals surface area contributed by atoms with Crippen molar-refractivity contribution in [3.8, 4) is 17.2 Å². The van der Waals surface area contributed by atoms with E-state index in [4.69, 9.17) is 14.2 Å². The molecule has 3 N–H and O–H groups in total. The predicted octanol–water partition coefficient (Wildman–Crippen LogP) is 1.40. The van der Waals surface area contributed by atoms with Crippen molar-refractivity contribution in [1.82, 2.24) is 10.6 Å². The summed E-state index contributed by atoms with van der Waals surface area (Å²) in [5, 5.41) is 15.1. The van der Waals surface area contributed by atoms with Crippen LogP contribution in [-0.4, -0.2) is 43.2 Å². The molecule has 126 valence electrons. The number of nitrogens with one attached hydrogen (secondary N) is 2. The molecular formula is C16H22N2O5. The maximum atomic E-state index is 11.8. The van der Waals surface area contributed by atoms with Crippen molar-refractivity contribution in [3.05, 3.63) is 18.2 Å². The number of hydrogen-bond acceptors (Lipinski definition) is 5. The van der Waals surface area contributed by atoms with Crippen molar-refractivity contribution in [2.45, 2.75) is 37.8 Å². The molecule has 1 aliphatic carbocycles. The number of urea groups is 1. The van der Waals surface area contributed by atoms with Crippen LogP contribution < -0.4 is 24.8 Å². The molecule has 7 nitrogen and oxygen atoms in total. The van der Waals surface area contributed by atoms with E-state index in [1.807, 2.05) is 0 Å². The second kappa shape index (κ2) is 7.41. The average Bonchev–Trinajstić information content (AvgIpc) is 3.01. The summed E-state index contributed by atoms with van der Waals surface area (Å²) < 4.78 is 16.1. The SMILES string of the molecule is O=C(NCCOc1ccc2c(c1)OCO2)NC1CCC(O)CC1. The summed E-state index contributed by atoms with van der Waals surface area (Å²) in [5.74, 6) is 2.07. The van der Waals surface area contributed by atoms with E-state index in [-0.39, 0.29) is 25.0 Å². The summed E-state index contributed by atoms with van der Waals surface area (Å²) in [5.41, 5.74) is 0. The van der Waals surface area contributed by atoms with Gasteiger partial charge < -0.3 is 30.0 Å². The molecule has 0 bridgehead atoms. The molecule has 7 heteroatoms. The number of carbonyl (C=O) groups excluding carboxylic acids is 1. The first kappa shape index (κ1) is 15.7. The molecule has 1 aromatic rings.